The number of anilines is 1. The van der Waals surface area contributed by atoms with E-state index in [0.29, 0.717) is 11.7 Å². The Morgan fingerprint density at radius 2 is 2.00 bits per heavy atom. The number of nitrogens with one attached hydrogen (secondary N) is 1. The van der Waals surface area contributed by atoms with E-state index < -0.39 is 0 Å². The highest BCUT2D eigenvalue weighted by atomic mass is 32.1. The molecule has 0 fully saturated rings. The van der Waals surface area contributed by atoms with Gasteiger partial charge in [-0.3, -0.25) is 5.32 Å². The first-order valence-corrected chi connectivity index (χ1v) is 8.89. The first kappa shape index (κ1) is 16.6. The Morgan fingerprint density at radius 3 is 2.71 bits per heavy atom. The van der Waals surface area contributed by atoms with Gasteiger partial charge >= 0.3 is 6.03 Å². The summed E-state index contributed by atoms with van der Waals surface area (Å²) in [4.78, 5) is 14.2. The van der Waals surface area contributed by atoms with Crippen molar-refractivity contribution < 1.29 is 4.79 Å². The summed E-state index contributed by atoms with van der Waals surface area (Å²) in [7, 11) is 0. The number of nitrogens with zero attached hydrogens (tertiary/aromatic N) is 3. The summed E-state index contributed by atoms with van der Waals surface area (Å²) >= 11 is 1.43. The van der Waals surface area contributed by atoms with Crippen molar-refractivity contribution in [1.29, 1.82) is 0 Å². The fourth-order valence-corrected chi connectivity index (χ4v) is 3.62. The molecule has 0 atom stereocenters. The Labute approximate surface area is 146 Å². The van der Waals surface area contributed by atoms with E-state index >= 15 is 0 Å². The fraction of sp³-hybridized carbons (Fsp3) is 0.389. The number of carbonyl (C=O) groups is 1. The van der Waals surface area contributed by atoms with Gasteiger partial charge in [-0.25, -0.2) is 4.79 Å². The Balaban J connectivity index is 1.72. The number of hydrogen-bond donors (Lipinski definition) is 1. The molecule has 0 saturated heterocycles. The summed E-state index contributed by atoms with van der Waals surface area (Å²) in [6.45, 7) is 7.70. The lowest BCUT2D eigenvalue weighted by molar-refractivity contribution is 0.215. The van der Waals surface area contributed by atoms with Crippen LogP contribution in [0.5, 0.6) is 0 Å². The van der Waals surface area contributed by atoms with Gasteiger partial charge in [0.25, 0.3) is 0 Å². The summed E-state index contributed by atoms with van der Waals surface area (Å²) < 4.78 is 0. The molecule has 2 heterocycles. The van der Waals surface area contributed by atoms with Crippen LogP contribution in [0.3, 0.4) is 0 Å². The molecular formula is C18H22N4OS. The lowest BCUT2D eigenvalue weighted by Gasteiger charge is -2.25. The zero-order valence-corrected chi connectivity index (χ0v) is 15.1. The quantitative estimate of drug-likeness (QED) is 0.856. The predicted octanol–water partition coefficient (Wildman–Crippen LogP) is 4.05. The molecule has 2 amide bonds. The van der Waals surface area contributed by atoms with Crippen molar-refractivity contribution in [3.63, 3.8) is 0 Å². The van der Waals surface area contributed by atoms with Crippen molar-refractivity contribution in [3.05, 3.63) is 52.6 Å². The number of benzene rings is 1. The van der Waals surface area contributed by atoms with Crippen LogP contribution >= 0.6 is 11.3 Å². The van der Waals surface area contributed by atoms with Gasteiger partial charge in [0.1, 0.15) is 5.01 Å². The lowest BCUT2D eigenvalue weighted by Crippen LogP contribution is -2.38. The minimum atomic E-state index is -0.244. The third-order valence-corrected chi connectivity index (χ3v) is 5.45. The highest BCUT2D eigenvalue weighted by molar-refractivity contribution is 7.15. The van der Waals surface area contributed by atoms with Gasteiger partial charge in [-0.05, 0) is 32.8 Å². The van der Waals surface area contributed by atoms with Gasteiger partial charge in [-0.15, -0.1) is 10.2 Å². The Hall–Kier alpha value is -2.21. The molecule has 0 saturated carbocycles. The van der Waals surface area contributed by atoms with Crippen LogP contribution < -0.4 is 5.32 Å². The monoisotopic (exact) mass is 342 g/mol. The zero-order chi connectivity index (χ0) is 17.2. The SMILES string of the molecule is CC1=CCCN(C(=O)Nc2nnc(C(C)(C)c3ccccc3)s2)C1. The molecular weight excluding hydrogens is 320 g/mol. The predicted molar refractivity (Wildman–Crippen MR) is 97.4 cm³/mol. The van der Waals surface area contributed by atoms with E-state index in [4.69, 9.17) is 0 Å². The summed E-state index contributed by atoms with van der Waals surface area (Å²) in [5, 5.41) is 12.8. The van der Waals surface area contributed by atoms with Crippen molar-refractivity contribution >= 4 is 22.5 Å². The number of aromatic nitrogens is 2. The van der Waals surface area contributed by atoms with E-state index in [9.17, 15) is 4.79 Å². The van der Waals surface area contributed by atoms with Crippen LogP contribution in [0, 0.1) is 0 Å². The molecule has 2 aromatic rings. The van der Waals surface area contributed by atoms with E-state index in [1.165, 1.54) is 22.5 Å². The molecule has 6 heteroatoms. The second kappa shape index (κ2) is 6.73. The van der Waals surface area contributed by atoms with Crippen LogP contribution in [0.15, 0.2) is 42.0 Å². The van der Waals surface area contributed by atoms with Gasteiger partial charge in [0.05, 0.1) is 0 Å². The molecule has 126 valence electrons. The van der Waals surface area contributed by atoms with Gasteiger partial charge in [-0.2, -0.15) is 0 Å². The maximum absolute atomic E-state index is 12.4. The topological polar surface area (TPSA) is 58.1 Å². The van der Waals surface area contributed by atoms with Crippen molar-refractivity contribution in [2.45, 2.75) is 32.6 Å². The van der Waals surface area contributed by atoms with Crippen molar-refractivity contribution in [2.75, 3.05) is 18.4 Å². The third kappa shape index (κ3) is 3.48. The minimum Gasteiger partial charge on any atom is -0.320 e. The maximum Gasteiger partial charge on any atom is 0.323 e. The fourth-order valence-electron chi connectivity index (χ4n) is 2.76. The van der Waals surface area contributed by atoms with Crippen molar-refractivity contribution in [2.24, 2.45) is 0 Å². The van der Waals surface area contributed by atoms with Crippen LogP contribution in [0.2, 0.25) is 0 Å². The average molecular weight is 342 g/mol. The molecule has 0 bridgehead atoms. The molecule has 1 aromatic carbocycles. The number of carbonyl (C=O) groups excluding carboxylic acids is 1. The summed E-state index contributed by atoms with van der Waals surface area (Å²) in [5.74, 6) is 0. The number of rotatable bonds is 3. The molecule has 0 radical (unpaired) electrons. The smallest absolute Gasteiger partial charge is 0.320 e. The minimum absolute atomic E-state index is 0.109. The van der Waals surface area contributed by atoms with Crippen LogP contribution in [-0.4, -0.2) is 34.2 Å². The number of amides is 2. The molecule has 24 heavy (non-hydrogen) atoms. The summed E-state index contributed by atoms with van der Waals surface area (Å²) in [5.41, 5.74) is 2.15. The Bertz CT molecular complexity index is 751. The molecule has 1 aliphatic heterocycles. The van der Waals surface area contributed by atoms with Crippen LogP contribution in [-0.2, 0) is 5.41 Å². The van der Waals surface area contributed by atoms with Gasteiger partial charge in [-0.1, -0.05) is 53.3 Å². The van der Waals surface area contributed by atoms with E-state index in [1.807, 2.05) is 25.1 Å². The second-order valence-electron chi connectivity index (χ2n) is 6.59. The molecule has 3 rings (SSSR count). The van der Waals surface area contributed by atoms with E-state index in [-0.39, 0.29) is 11.4 Å². The second-order valence-corrected chi connectivity index (χ2v) is 7.57. The molecule has 0 spiro atoms. The molecule has 1 N–H and O–H groups in total. The lowest BCUT2D eigenvalue weighted by atomic mass is 9.85. The molecule has 0 aliphatic carbocycles. The van der Waals surface area contributed by atoms with Gasteiger partial charge in [0, 0.05) is 18.5 Å². The highest BCUT2D eigenvalue weighted by Crippen LogP contribution is 2.34. The molecule has 5 nitrogen and oxygen atoms in total. The normalized spacial score (nSPS) is 15.1. The first-order valence-electron chi connectivity index (χ1n) is 8.08. The summed E-state index contributed by atoms with van der Waals surface area (Å²) in [6, 6.07) is 10.1. The third-order valence-electron chi connectivity index (χ3n) is 4.29. The Kier molecular flexibility index (Phi) is 4.66. The van der Waals surface area contributed by atoms with Crippen molar-refractivity contribution in [3.8, 4) is 0 Å². The largest absolute Gasteiger partial charge is 0.323 e. The highest BCUT2D eigenvalue weighted by Gasteiger charge is 2.28. The van der Waals surface area contributed by atoms with Gasteiger partial charge in [0.2, 0.25) is 5.13 Å². The van der Waals surface area contributed by atoms with Gasteiger partial charge < -0.3 is 4.90 Å². The van der Waals surface area contributed by atoms with E-state index in [0.717, 1.165) is 18.0 Å². The first-order chi connectivity index (χ1) is 11.5. The zero-order valence-electron chi connectivity index (χ0n) is 14.2. The summed E-state index contributed by atoms with van der Waals surface area (Å²) in [6.07, 6.45) is 3.08. The van der Waals surface area contributed by atoms with Crippen LogP contribution in [0.25, 0.3) is 0 Å². The van der Waals surface area contributed by atoms with Crippen molar-refractivity contribution in [1.82, 2.24) is 15.1 Å². The maximum atomic E-state index is 12.4. The Morgan fingerprint density at radius 1 is 1.25 bits per heavy atom. The van der Waals surface area contributed by atoms with Gasteiger partial charge in [0.15, 0.2) is 0 Å². The number of urea groups is 1. The molecule has 1 aromatic heterocycles. The number of hydrogen-bond acceptors (Lipinski definition) is 4. The van der Waals surface area contributed by atoms with E-state index in [1.54, 1.807) is 4.90 Å². The van der Waals surface area contributed by atoms with Crippen LogP contribution in [0.1, 0.15) is 37.8 Å². The standard InChI is InChI=1S/C18H22N4OS/c1-13-8-7-11-22(12-13)17(23)19-16-21-20-15(24-16)18(2,3)14-9-5-4-6-10-14/h4-6,8-10H,7,11-12H2,1-3H3,(H,19,21,23). The van der Waals surface area contributed by atoms with E-state index in [2.05, 4.69) is 47.6 Å². The molecule has 0 unspecified atom stereocenters. The molecule has 1 aliphatic rings. The van der Waals surface area contributed by atoms with Crippen LogP contribution in [0.4, 0.5) is 9.93 Å². The average Bonchev–Trinajstić information content (AvgIpc) is 3.05.